The lowest BCUT2D eigenvalue weighted by Crippen LogP contribution is -1.41. The second-order valence-corrected chi connectivity index (χ2v) is 97.4. The predicted octanol–water partition coefficient (Wildman–Crippen LogP) is -0.132. The lowest BCUT2D eigenvalue weighted by molar-refractivity contribution is 5.95. The molecule has 0 rings (SSSR count). The standard InChI is InChI=1S/S55/c1-3-5-7-9-11-13-15-17-19-21-23-25-27-29-31-33-35-37-39-41-43-45-47-49-51-53-55-54-52-50-48-46-44-42-40-38-36-34-32-30-28-26-24-22-20-18-16-14-12-10-8-6-4-2. The summed E-state index contributed by atoms with van der Waals surface area (Å²) in [6.45, 7) is 0. The Balaban J connectivity index is 6.10. The van der Waals surface area contributed by atoms with Crippen LogP contribution >= 0.6 is 0 Å². The fourth-order valence-electron chi connectivity index (χ4n) is 0.578. The van der Waals surface area contributed by atoms with E-state index >= 15 is 0 Å². The summed E-state index contributed by atoms with van der Waals surface area (Å²) in [5, 5.41) is 0. The van der Waals surface area contributed by atoms with Crippen LogP contribution in [0.5, 0.6) is 0 Å². The van der Waals surface area contributed by atoms with Crippen molar-refractivity contribution in [1.29, 1.82) is 0 Å². The van der Waals surface area contributed by atoms with Crippen LogP contribution in [0.3, 0.4) is 0 Å². The first-order valence-electron chi connectivity index (χ1n) is 9.00. The fraction of sp³-hybridized carbons (Fsp3) is 0. The van der Waals surface area contributed by atoms with Gasteiger partial charge in [-0.05, 0) is 0 Å². The molecule has 0 unspecified atom stereocenters. The van der Waals surface area contributed by atoms with E-state index in [0.717, 1.165) is 0 Å². The predicted molar refractivity (Wildman–Crippen MR) is 405 cm³/mol. The summed E-state index contributed by atoms with van der Waals surface area (Å²) in [6, 6.07) is 0. The number of rotatable bonds is 0. The van der Waals surface area contributed by atoms with Gasteiger partial charge in [-0.3, -0.25) is 0 Å². The van der Waals surface area contributed by atoms with E-state index in [1.165, 1.54) is 17.8 Å². The van der Waals surface area contributed by atoms with Gasteiger partial charge in [0, 0.05) is 493 Å². The van der Waals surface area contributed by atoms with E-state index in [0.29, 0.717) is 0 Å². The minimum atomic E-state index is 1.37. The Hall–Kier alpha value is 12.1. The second-order valence-electron chi connectivity index (χ2n) is 3.61. The van der Waals surface area contributed by atoms with E-state index < -0.39 is 0 Å². The zero-order valence-electron chi connectivity index (χ0n) is 22.5. The molecule has 0 amide bonds. The van der Waals surface area contributed by atoms with Crippen LogP contribution in [0, 0.1) is 0 Å². The molecule has 0 radical (unpaired) electrons. The van der Waals surface area contributed by atoms with Gasteiger partial charge in [0.05, 0.1) is 0 Å². The molecule has 0 atom stereocenters. The largest absolute Gasteiger partial charge is 0 e. The first-order valence-corrected chi connectivity index (χ1v) is 81.0. The summed E-state index contributed by atoms with van der Waals surface area (Å²) in [4.78, 5) is 0. The lowest BCUT2D eigenvalue weighted by atomic mass is 30.7. The van der Waals surface area contributed by atoms with Gasteiger partial charge in [0.25, 0.3) is 0 Å². The van der Waals surface area contributed by atoms with Gasteiger partial charge in [0.15, 0.2) is 0 Å². The second kappa shape index (κ2) is 66.1. The summed E-state index contributed by atoms with van der Waals surface area (Å²) in [7, 11) is 94.9. The highest BCUT2D eigenvalue weighted by molar-refractivity contribution is 8.82. The van der Waals surface area contributed by atoms with Gasteiger partial charge < -0.3 is 0 Å². The Kier molecular flexibility index (Phi) is 80.6. The highest BCUT2D eigenvalue weighted by atomic mass is 33.5. The van der Waals surface area contributed by atoms with Crippen molar-refractivity contribution in [3.05, 3.63) is 0 Å². The lowest BCUT2D eigenvalue weighted by Gasteiger charge is -1.41. The third kappa shape index (κ3) is 66.1. The average molecular weight is 1760 g/mol. The minimum absolute atomic E-state index is 1.37. The Bertz CT molecular complexity index is 3600. The summed E-state index contributed by atoms with van der Waals surface area (Å²) in [5.41, 5.74) is 0. The van der Waals surface area contributed by atoms with Crippen LogP contribution in [0.4, 0.5) is 0 Å². The summed E-state index contributed by atoms with van der Waals surface area (Å²) in [6.07, 6.45) is 0. The summed E-state index contributed by atoms with van der Waals surface area (Å²) >= 11 is 9.63. The minimum Gasteiger partial charge on any atom is 0 e. The Morgan fingerprint density at radius 1 is 0.0909 bits per heavy atom. The van der Waals surface area contributed by atoms with Crippen LogP contribution in [0.15, 0.2) is 0 Å². The van der Waals surface area contributed by atoms with Crippen LogP contribution in [-0.4, -0.2) is 0 Å². The third-order valence-corrected chi connectivity index (χ3v) is 117. The molecule has 0 aromatic heterocycles. The van der Waals surface area contributed by atoms with Crippen molar-refractivity contribution < 1.29 is 0 Å². The molecule has 0 saturated heterocycles. The molecule has 0 aliphatic rings. The molecule has 0 spiro atoms. The maximum Gasteiger partial charge on any atom is 0 e. The van der Waals surface area contributed by atoms with E-state index in [4.69, 9.17) is 22.4 Å². The Labute approximate surface area is 478 Å². The van der Waals surface area contributed by atoms with E-state index in [-0.39, 0.29) is 0 Å². The zero-order valence-corrected chi connectivity index (χ0v) is 67.4. The zero-order chi connectivity index (χ0) is 39.5. The first kappa shape index (κ1) is 67.1. The molecule has 0 N–H and O–H groups in total. The molecule has 0 fully saturated rings. The normalized spacial score (nSPS) is 7.78. The molecular formula is S55. The quantitative estimate of drug-likeness (QED) is 0.332. The summed E-state index contributed by atoms with van der Waals surface area (Å²) < 4.78 is 0. The van der Waals surface area contributed by atoms with E-state index in [1.54, 1.807) is 107 Å². The van der Waals surface area contributed by atoms with Gasteiger partial charge in [-0.15, -0.1) is 0 Å². The smallest absolute Gasteiger partial charge is 0 e. The van der Waals surface area contributed by atoms with E-state index in [1.807, 2.05) is 346 Å². The van der Waals surface area contributed by atoms with Gasteiger partial charge in [0.1, 0.15) is 0 Å². The van der Waals surface area contributed by atoms with Crippen LogP contribution in [0.1, 0.15) is 0 Å². The molecule has 55 heavy (non-hydrogen) atoms. The van der Waals surface area contributed by atoms with Crippen molar-refractivity contribution >= 4 is 493 Å². The topological polar surface area (TPSA) is 0 Å². The molecule has 55 heteroatoms. The molecule has 0 aromatic rings. The molecule has 330 valence electrons. The van der Waals surface area contributed by atoms with Gasteiger partial charge in [-0.2, -0.15) is 0 Å². The molecule has 0 heterocycles. The van der Waals surface area contributed by atoms with Gasteiger partial charge in [-0.1, -0.05) is 0 Å². The van der Waals surface area contributed by atoms with E-state index in [2.05, 4.69) is 0 Å². The maximum absolute atomic E-state index is 4.82. The Morgan fingerprint density at radius 2 is 0.145 bits per heavy atom. The van der Waals surface area contributed by atoms with Crippen molar-refractivity contribution in [2.24, 2.45) is 0 Å². The van der Waals surface area contributed by atoms with Gasteiger partial charge >= 0.3 is 0 Å². The van der Waals surface area contributed by atoms with Crippen molar-refractivity contribution in [1.82, 2.24) is 0 Å². The monoisotopic (exact) mass is 1760 g/mol. The molecule has 0 bridgehead atoms. The van der Waals surface area contributed by atoms with Crippen molar-refractivity contribution in [2.75, 3.05) is 0 Å². The van der Waals surface area contributed by atoms with Crippen molar-refractivity contribution in [2.45, 2.75) is 0 Å². The highest BCUT2D eigenvalue weighted by Crippen LogP contribution is 1.46. The van der Waals surface area contributed by atoms with Gasteiger partial charge in [-0.25, -0.2) is 0 Å². The first-order chi connectivity index (χ1) is 27.4. The third-order valence-electron chi connectivity index (χ3n) is 1.44. The molecule has 0 saturated carbocycles. The molecule has 0 nitrogen and oxygen atoms in total. The molecule has 0 aliphatic heterocycles. The van der Waals surface area contributed by atoms with Gasteiger partial charge in [0.2, 0.25) is 0 Å². The average Bonchev–Trinajstić information content (AvgIpc) is 3.20. The molecule has 0 aromatic carbocycles. The summed E-state index contributed by atoms with van der Waals surface area (Å²) in [5.74, 6) is 0. The van der Waals surface area contributed by atoms with Crippen LogP contribution < -0.4 is 0 Å². The van der Waals surface area contributed by atoms with Crippen molar-refractivity contribution in [3.8, 4) is 0 Å². The number of hydrogen-bond acceptors (Lipinski definition) is 2. The van der Waals surface area contributed by atoms with Crippen LogP contribution in [-0.2, 0) is 493 Å². The fourth-order valence-corrected chi connectivity index (χ4v) is 141. The maximum atomic E-state index is 4.82. The highest BCUT2D eigenvalue weighted by Gasteiger charge is 1.46. The van der Waals surface area contributed by atoms with Crippen molar-refractivity contribution in [3.63, 3.8) is 0 Å². The van der Waals surface area contributed by atoms with Crippen LogP contribution in [0.2, 0.25) is 0 Å². The molecule has 0 aliphatic carbocycles. The van der Waals surface area contributed by atoms with Crippen LogP contribution in [0.25, 0.3) is 0 Å². The van der Waals surface area contributed by atoms with E-state index in [9.17, 15) is 0 Å². The Morgan fingerprint density at radius 3 is 0.200 bits per heavy atom. The SMILES string of the molecule is S=S=S=S=S=S=S=S=S=S=S=S=S=S=S=S=S=S=S=S=S=S=S=S=S=S=S=S=S=S=S=S=S=S=S=S=S=S=S=S=S=S=S=S=S=S=S=S=S=S=S=S=S=S=S. The number of hydrogen-bond donors (Lipinski definition) is 0. The molecular weight excluding hydrogens is 1760 g/mol.